The Balaban J connectivity index is 0.00000235. The second kappa shape index (κ2) is 13.9. The van der Waals surface area contributed by atoms with Gasteiger partial charge >= 0.3 is 12.0 Å². The zero-order valence-corrected chi connectivity index (χ0v) is 21.0. The molecule has 3 rings (SSSR count). The summed E-state index contributed by atoms with van der Waals surface area (Å²) < 4.78 is 0. The van der Waals surface area contributed by atoms with Crippen LogP contribution in [0.1, 0.15) is 17.5 Å². The van der Waals surface area contributed by atoms with Gasteiger partial charge in [0.15, 0.2) is 0 Å². The van der Waals surface area contributed by atoms with E-state index in [0.29, 0.717) is 6.54 Å². The number of hydrogen-bond acceptors (Lipinski definition) is 6. The third kappa shape index (κ3) is 8.73. The molecule has 11 nitrogen and oxygen atoms in total. The summed E-state index contributed by atoms with van der Waals surface area (Å²) in [4.78, 5) is 58.3. The minimum Gasteiger partial charge on any atom is -0.481 e. The molecular formula is C26H30N6O5. The second-order valence-corrected chi connectivity index (χ2v) is 8.11. The first-order valence-electron chi connectivity index (χ1n) is 11.2. The van der Waals surface area contributed by atoms with Crippen molar-refractivity contribution in [2.75, 3.05) is 20.6 Å². The van der Waals surface area contributed by atoms with E-state index in [4.69, 9.17) is 9.90 Å². The summed E-state index contributed by atoms with van der Waals surface area (Å²) >= 11 is 0. The maximum atomic E-state index is 12.8. The monoisotopic (exact) mass is 506 g/mol. The highest BCUT2D eigenvalue weighted by Gasteiger charge is 2.17. The van der Waals surface area contributed by atoms with Gasteiger partial charge in [-0.05, 0) is 36.2 Å². The molecular weight excluding hydrogens is 476 g/mol. The molecule has 37 heavy (non-hydrogen) atoms. The lowest BCUT2D eigenvalue weighted by molar-refractivity contribution is -0.137. The normalized spacial score (nSPS) is 10.6. The molecule has 0 saturated carbocycles. The summed E-state index contributed by atoms with van der Waals surface area (Å²) in [7, 11) is 3.24. The van der Waals surface area contributed by atoms with Crippen molar-refractivity contribution in [2.24, 2.45) is 4.99 Å². The Bertz CT molecular complexity index is 1270. The number of carbonyl (C=O) groups excluding carboxylic acids is 2. The molecule has 0 aliphatic rings. The van der Waals surface area contributed by atoms with Gasteiger partial charge in [0.05, 0.1) is 6.42 Å². The Morgan fingerprint density at radius 1 is 1.05 bits per heavy atom. The van der Waals surface area contributed by atoms with Crippen LogP contribution in [0.25, 0.3) is 11.1 Å². The molecule has 2 heterocycles. The maximum absolute atomic E-state index is 12.8. The van der Waals surface area contributed by atoms with Crippen molar-refractivity contribution in [1.82, 2.24) is 25.1 Å². The second-order valence-electron chi connectivity index (χ2n) is 8.11. The van der Waals surface area contributed by atoms with Crippen LogP contribution in [0.5, 0.6) is 0 Å². The third-order valence-corrected chi connectivity index (χ3v) is 5.25. The average molecular weight is 507 g/mol. The van der Waals surface area contributed by atoms with E-state index in [1.165, 1.54) is 11.9 Å². The summed E-state index contributed by atoms with van der Waals surface area (Å²) in [5.74, 6) is -0.857. The van der Waals surface area contributed by atoms with Crippen LogP contribution < -0.4 is 10.9 Å². The van der Waals surface area contributed by atoms with Crippen LogP contribution in [-0.4, -0.2) is 70.3 Å². The number of aliphatic carboxylic acids is 1. The van der Waals surface area contributed by atoms with Crippen LogP contribution in [-0.2, 0) is 16.1 Å². The molecule has 0 atom stereocenters. The van der Waals surface area contributed by atoms with Crippen molar-refractivity contribution >= 4 is 30.4 Å². The van der Waals surface area contributed by atoms with Gasteiger partial charge in [0.2, 0.25) is 5.96 Å². The number of carbonyl (C=O) groups is 3. The fourth-order valence-corrected chi connectivity index (χ4v) is 3.19. The van der Waals surface area contributed by atoms with E-state index in [9.17, 15) is 14.4 Å². The summed E-state index contributed by atoms with van der Waals surface area (Å²) in [6.07, 6.45) is 4.70. The third-order valence-electron chi connectivity index (χ3n) is 5.25. The molecule has 0 unspecified atom stereocenters. The van der Waals surface area contributed by atoms with Gasteiger partial charge in [-0.25, -0.2) is 9.79 Å². The number of carboxylic acid groups (broad SMARTS) is 1. The van der Waals surface area contributed by atoms with E-state index in [2.05, 4.69) is 20.3 Å². The standard InChI is InChI=1S/C25H28N6O4.CH2O/c1-17-4-6-18(7-5-17)16-31(3)24(29-25(35)30(2)13-10-22(32)33)28-21-14-20(15-27-23(21)34)19-8-11-26-12-9-19;1-2/h4-9,11-12,14-15H,10,13,16H2,1-3H3,(H,27,34)(H,32,33)(H,28,29,35);1H2. The SMILES string of the molecule is C=O.Cc1ccc(CN(C)C(=Nc2cc(-c3ccncc3)c[nH]c2=O)NC(=O)N(C)CCC(=O)O)cc1. The van der Waals surface area contributed by atoms with Gasteiger partial charge in [-0.15, -0.1) is 0 Å². The fraction of sp³-hybridized carbons (Fsp3) is 0.231. The predicted molar refractivity (Wildman–Crippen MR) is 141 cm³/mol. The number of H-pyrrole nitrogens is 1. The number of nitrogens with one attached hydrogen (secondary N) is 2. The van der Waals surface area contributed by atoms with Crippen LogP contribution in [0, 0.1) is 6.92 Å². The number of urea groups is 1. The largest absolute Gasteiger partial charge is 0.481 e. The van der Waals surface area contributed by atoms with Gasteiger partial charge in [0.1, 0.15) is 12.5 Å². The lowest BCUT2D eigenvalue weighted by Gasteiger charge is -2.24. The Kier molecular flexibility index (Phi) is 10.7. The van der Waals surface area contributed by atoms with Gasteiger partial charge in [0, 0.05) is 51.3 Å². The number of guanidine groups is 1. The van der Waals surface area contributed by atoms with Gasteiger partial charge in [0.25, 0.3) is 5.56 Å². The number of carboxylic acids is 1. The van der Waals surface area contributed by atoms with Crippen LogP contribution in [0.15, 0.2) is 70.8 Å². The number of aliphatic imine (C=N–C) groups is 1. The molecule has 0 aliphatic carbocycles. The molecule has 3 N–H and O–H groups in total. The highest BCUT2D eigenvalue weighted by molar-refractivity contribution is 5.97. The molecule has 2 aromatic heterocycles. The van der Waals surface area contributed by atoms with Crippen molar-refractivity contribution in [3.63, 3.8) is 0 Å². The molecule has 0 fully saturated rings. The van der Waals surface area contributed by atoms with E-state index in [0.717, 1.165) is 22.3 Å². The van der Waals surface area contributed by atoms with Crippen molar-refractivity contribution < 1.29 is 19.5 Å². The van der Waals surface area contributed by atoms with Gasteiger partial charge in [-0.3, -0.25) is 19.9 Å². The molecule has 1 aromatic carbocycles. The number of benzene rings is 1. The summed E-state index contributed by atoms with van der Waals surface area (Å²) in [6, 6.07) is 12.6. The first kappa shape index (κ1) is 28.4. The lowest BCUT2D eigenvalue weighted by atomic mass is 10.1. The Labute approximate surface area is 214 Å². The predicted octanol–water partition coefficient (Wildman–Crippen LogP) is 2.80. The lowest BCUT2D eigenvalue weighted by Crippen LogP contribution is -2.47. The number of aromatic nitrogens is 2. The van der Waals surface area contributed by atoms with E-state index < -0.39 is 17.6 Å². The van der Waals surface area contributed by atoms with Gasteiger partial charge in [-0.1, -0.05) is 29.8 Å². The smallest absolute Gasteiger partial charge is 0.323 e. The zero-order chi connectivity index (χ0) is 27.4. The Morgan fingerprint density at radius 3 is 2.32 bits per heavy atom. The van der Waals surface area contributed by atoms with Crippen LogP contribution in [0.4, 0.5) is 10.5 Å². The average Bonchev–Trinajstić information content (AvgIpc) is 2.90. The molecule has 0 radical (unpaired) electrons. The summed E-state index contributed by atoms with van der Waals surface area (Å²) in [5, 5.41) is 11.6. The van der Waals surface area contributed by atoms with Crippen molar-refractivity contribution in [3.05, 3.63) is 82.5 Å². The molecule has 0 bridgehead atoms. The Morgan fingerprint density at radius 2 is 1.70 bits per heavy atom. The van der Waals surface area contributed by atoms with Gasteiger partial charge < -0.3 is 24.7 Å². The minimum absolute atomic E-state index is 0.0221. The molecule has 194 valence electrons. The number of hydrogen-bond donors (Lipinski definition) is 3. The quantitative estimate of drug-likeness (QED) is 0.330. The zero-order valence-electron chi connectivity index (χ0n) is 21.0. The van der Waals surface area contributed by atoms with E-state index >= 15 is 0 Å². The van der Waals surface area contributed by atoms with E-state index in [1.54, 1.807) is 36.6 Å². The fourth-order valence-electron chi connectivity index (χ4n) is 3.19. The highest BCUT2D eigenvalue weighted by Crippen LogP contribution is 2.20. The molecule has 11 heteroatoms. The maximum Gasteiger partial charge on any atom is 0.323 e. The topological polar surface area (TPSA) is 148 Å². The van der Waals surface area contributed by atoms with E-state index in [-0.39, 0.29) is 24.6 Å². The minimum atomic E-state index is -1.01. The number of aryl methyl sites for hydroxylation is 1. The molecule has 2 amide bonds. The van der Waals surface area contributed by atoms with Crippen molar-refractivity contribution in [2.45, 2.75) is 19.9 Å². The van der Waals surface area contributed by atoms with Crippen LogP contribution in [0.3, 0.4) is 0 Å². The first-order valence-corrected chi connectivity index (χ1v) is 11.2. The molecule has 0 saturated heterocycles. The van der Waals surface area contributed by atoms with E-state index in [1.807, 2.05) is 50.1 Å². The number of rotatable bonds is 7. The number of nitrogens with zero attached hydrogens (tertiary/aromatic N) is 4. The molecule has 0 spiro atoms. The number of aromatic amines is 1. The van der Waals surface area contributed by atoms with Crippen LogP contribution >= 0.6 is 0 Å². The van der Waals surface area contributed by atoms with Gasteiger partial charge in [-0.2, -0.15) is 0 Å². The number of pyridine rings is 2. The summed E-state index contributed by atoms with van der Waals surface area (Å²) in [6.45, 7) is 4.43. The van der Waals surface area contributed by atoms with Crippen LogP contribution in [0.2, 0.25) is 0 Å². The van der Waals surface area contributed by atoms with Crippen molar-refractivity contribution in [3.8, 4) is 11.1 Å². The van der Waals surface area contributed by atoms with Crippen molar-refractivity contribution in [1.29, 1.82) is 0 Å². The molecule has 3 aromatic rings. The first-order chi connectivity index (χ1) is 17.7. The number of amides is 2. The Hall–Kier alpha value is -4.80. The summed E-state index contributed by atoms with van der Waals surface area (Å²) in [5.41, 5.74) is 3.38. The molecule has 0 aliphatic heterocycles. The highest BCUT2D eigenvalue weighted by atomic mass is 16.4.